The van der Waals surface area contributed by atoms with Crippen molar-refractivity contribution in [1.29, 1.82) is 0 Å². The molecule has 1 rings (SSSR count). The maximum absolute atomic E-state index is 12.8. The molecule has 2 atom stereocenters. The van der Waals surface area contributed by atoms with Gasteiger partial charge < -0.3 is 5.73 Å². The molecule has 0 heterocycles. The lowest BCUT2D eigenvalue weighted by atomic mass is 10.0. The molecule has 0 aliphatic heterocycles. The molecule has 0 bridgehead atoms. The van der Waals surface area contributed by atoms with Gasteiger partial charge in [0.05, 0.1) is 10.9 Å². The van der Waals surface area contributed by atoms with Crippen LogP contribution in [0, 0.1) is 5.92 Å². The smallest absolute Gasteiger partial charge is 0.272 e. The van der Waals surface area contributed by atoms with Crippen LogP contribution in [0.25, 0.3) is 0 Å². The van der Waals surface area contributed by atoms with E-state index in [0.717, 1.165) is 0 Å². The topological polar surface area (TPSA) is 102 Å². The third kappa shape index (κ3) is 5.28. The first-order valence-corrected chi connectivity index (χ1v) is 8.16. The van der Waals surface area contributed by atoms with Crippen LogP contribution < -0.4 is 10.5 Å². The van der Waals surface area contributed by atoms with E-state index in [9.17, 15) is 13.8 Å². The van der Waals surface area contributed by atoms with E-state index in [1.165, 1.54) is 6.92 Å². The van der Waals surface area contributed by atoms with Crippen molar-refractivity contribution in [3.05, 3.63) is 30.3 Å². The number of carbonyl (C=O) groups excluding carboxylic acids is 2. The second-order valence-electron chi connectivity index (χ2n) is 5.16. The predicted molar refractivity (Wildman–Crippen MR) is 81.5 cm³/mol. The van der Waals surface area contributed by atoms with Crippen LogP contribution in [0.15, 0.2) is 39.6 Å². The molecule has 2 unspecified atom stereocenters. The monoisotopic (exact) mass is 311 g/mol. The fourth-order valence-corrected chi connectivity index (χ4v) is 3.31. The molecule has 21 heavy (non-hydrogen) atoms. The van der Waals surface area contributed by atoms with Gasteiger partial charge in [-0.1, -0.05) is 32.0 Å². The summed E-state index contributed by atoms with van der Waals surface area (Å²) in [6, 6.07) is 7.31. The number of rotatable bonds is 5. The first-order chi connectivity index (χ1) is 9.74. The highest BCUT2D eigenvalue weighted by molar-refractivity contribution is 7.92. The van der Waals surface area contributed by atoms with Crippen molar-refractivity contribution in [1.82, 2.24) is 4.72 Å². The Hall–Kier alpha value is -1.73. The predicted octanol–water partition coefficient (Wildman–Crippen LogP) is 1.46. The van der Waals surface area contributed by atoms with Gasteiger partial charge in [0, 0.05) is 6.92 Å². The summed E-state index contributed by atoms with van der Waals surface area (Å²) in [6.45, 7) is 5.07. The molecule has 6 nitrogen and oxygen atoms in total. The molecule has 0 radical (unpaired) electrons. The van der Waals surface area contributed by atoms with E-state index in [1.54, 1.807) is 30.3 Å². The van der Waals surface area contributed by atoms with Gasteiger partial charge in [-0.2, -0.15) is 0 Å². The second-order valence-corrected chi connectivity index (χ2v) is 7.07. The zero-order valence-corrected chi connectivity index (χ0v) is 13.2. The molecule has 2 amide bonds. The standard InChI is InChI=1S/C14H21N3O3S/c1-10(2)9-13(15)14(19)17-21(20,16-11(3)18)12-7-5-4-6-8-12/h4-8,10,13H,9,15H2,1-3H3,(H,16,17,18,19,20). The summed E-state index contributed by atoms with van der Waals surface area (Å²) in [5.74, 6) is -0.989. The summed E-state index contributed by atoms with van der Waals surface area (Å²) < 4.78 is 18.8. The molecule has 3 N–H and O–H groups in total. The van der Waals surface area contributed by atoms with Crippen molar-refractivity contribution in [3.8, 4) is 0 Å². The van der Waals surface area contributed by atoms with Crippen LogP contribution in [0.1, 0.15) is 27.2 Å². The van der Waals surface area contributed by atoms with Crippen molar-refractivity contribution in [3.63, 3.8) is 0 Å². The molecular formula is C14H21N3O3S. The molecule has 7 heteroatoms. The van der Waals surface area contributed by atoms with E-state index in [1.807, 2.05) is 13.8 Å². The van der Waals surface area contributed by atoms with Crippen LogP contribution >= 0.6 is 0 Å². The van der Waals surface area contributed by atoms with E-state index < -0.39 is 27.8 Å². The number of hydrogen-bond acceptors (Lipinski definition) is 4. The van der Waals surface area contributed by atoms with Crippen molar-refractivity contribution in [2.24, 2.45) is 16.0 Å². The molecule has 0 spiro atoms. The van der Waals surface area contributed by atoms with Crippen LogP contribution in [0.4, 0.5) is 0 Å². The van der Waals surface area contributed by atoms with Crippen molar-refractivity contribution in [2.45, 2.75) is 38.1 Å². The molecule has 116 valence electrons. The normalized spacial score (nSPS) is 15.1. The molecule has 0 aliphatic rings. The maximum Gasteiger partial charge on any atom is 0.272 e. The average molecular weight is 311 g/mol. The van der Waals surface area contributed by atoms with E-state index in [0.29, 0.717) is 6.42 Å². The number of amides is 2. The van der Waals surface area contributed by atoms with Gasteiger partial charge in [-0.25, -0.2) is 4.21 Å². The summed E-state index contributed by atoms with van der Waals surface area (Å²) in [7, 11) is -3.35. The van der Waals surface area contributed by atoms with Crippen LogP contribution in [0.5, 0.6) is 0 Å². The Labute approximate surface area is 125 Å². The average Bonchev–Trinajstić information content (AvgIpc) is 2.37. The van der Waals surface area contributed by atoms with Crippen molar-refractivity contribution in [2.75, 3.05) is 0 Å². The first-order valence-electron chi connectivity index (χ1n) is 6.64. The number of hydrogen-bond donors (Lipinski definition) is 2. The summed E-state index contributed by atoms with van der Waals surface area (Å²) in [6.07, 6.45) is 0.437. The third-order valence-corrected chi connectivity index (χ3v) is 4.52. The Morgan fingerprint density at radius 2 is 1.86 bits per heavy atom. The molecule has 0 saturated heterocycles. The number of benzene rings is 1. The van der Waals surface area contributed by atoms with Gasteiger partial charge in [-0.15, -0.1) is 4.36 Å². The fraction of sp³-hybridized carbons (Fsp3) is 0.429. The van der Waals surface area contributed by atoms with Gasteiger partial charge in [0.2, 0.25) is 5.91 Å². The zero-order valence-electron chi connectivity index (χ0n) is 12.4. The number of nitrogens with zero attached hydrogens (tertiary/aromatic N) is 1. The molecule has 0 aromatic heterocycles. The Morgan fingerprint density at radius 3 is 2.33 bits per heavy atom. The minimum atomic E-state index is -3.35. The zero-order chi connectivity index (χ0) is 16.0. The molecule has 0 saturated carbocycles. The van der Waals surface area contributed by atoms with Gasteiger partial charge in [0.25, 0.3) is 5.91 Å². The van der Waals surface area contributed by atoms with Gasteiger partial charge in [0.15, 0.2) is 9.92 Å². The third-order valence-electron chi connectivity index (χ3n) is 2.61. The minimum absolute atomic E-state index is 0.215. The largest absolute Gasteiger partial charge is 0.320 e. The maximum atomic E-state index is 12.8. The van der Waals surface area contributed by atoms with Gasteiger partial charge in [0.1, 0.15) is 0 Å². The summed E-state index contributed by atoms with van der Waals surface area (Å²) in [5, 5.41) is 0. The van der Waals surface area contributed by atoms with Crippen LogP contribution in [-0.2, 0) is 19.5 Å². The van der Waals surface area contributed by atoms with Gasteiger partial charge in [-0.3, -0.25) is 14.3 Å². The summed E-state index contributed by atoms with van der Waals surface area (Å²) in [5.41, 5.74) is 5.75. The molecular weight excluding hydrogens is 290 g/mol. The quantitative estimate of drug-likeness (QED) is 0.859. The van der Waals surface area contributed by atoms with Gasteiger partial charge in [-0.05, 0) is 24.5 Å². The highest BCUT2D eigenvalue weighted by Gasteiger charge is 2.20. The van der Waals surface area contributed by atoms with Gasteiger partial charge >= 0.3 is 0 Å². The summed E-state index contributed by atoms with van der Waals surface area (Å²) >= 11 is 0. The van der Waals surface area contributed by atoms with E-state index in [4.69, 9.17) is 5.73 Å². The number of nitrogens with two attached hydrogens (primary N) is 1. The Morgan fingerprint density at radius 1 is 1.29 bits per heavy atom. The molecule has 1 aromatic rings. The highest BCUT2D eigenvalue weighted by Crippen LogP contribution is 2.12. The minimum Gasteiger partial charge on any atom is -0.320 e. The lowest BCUT2D eigenvalue weighted by Crippen LogP contribution is -2.34. The Kier molecular flexibility index (Phi) is 6.04. The number of carbonyl (C=O) groups is 2. The second kappa shape index (κ2) is 7.33. The fourth-order valence-electron chi connectivity index (χ4n) is 1.74. The Bertz CT molecular complexity index is 620. The molecule has 0 aliphatic carbocycles. The summed E-state index contributed by atoms with van der Waals surface area (Å²) in [4.78, 5) is 23.6. The molecule has 0 fully saturated rings. The van der Waals surface area contributed by atoms with E-state index in [-0.39, 0.29) is 10.8 Å². The van der Waals surface area contributed by atoms with Crippen molar-refractivity contribution >= 4 is 21.7 Å². The van der Waals surface area contributed by atoms with Crippen molar-refractivity contribution < 1.29 is 13.8 Å². The Balaban J connectivity index is 3.20. The lowest BCUT2D eigenvalue weighted by Gasteiger charge is -2.13. The van der Waals surface area contributed by atoms with Crippen LogP contribution in [0.3, 0.4) is 0 Å². The van der Waals surface area contributed by atoms with E-state index >= 15 is 0 Å². The molecule has 1 aromatic carbocycles. The first kappa shape index (κ1) is 17.3. The van der Waals surface area contributed by atoms with Crippen LogP contribution in [-0.4, -0.2) is 22.1 Å². The SMILES string of the molecule is CC(=O)NS(=O)(=NC(=O)C(N)CC(C)C)c1ccccc1. The highest BCUT2D eigenvalue weighted by atomic mass is 32.2. The number of nitrogens with one attached hydrogen (secondary N) is 1. The lowest BCUT2D eigenvalue weighted by molar-refractivity contribution is -0.119. The van der Waals surface area contributed by atoms with E-state index in [2.05, 4.69) is 9.08 Å². The van der Waals surface area contributed by atoms with Crippen LogP contribution in [0.2, 0.25) is 0 Å².